The summed E-state index contributed by atoms with van der Waals surface area (Å²) in [5.74, 6) is -0.856. The van der Waals surface area contributed by atoms with Gasteiger partial charge >= 0.3 is 12.0 Å². The largest absolute Gasteiger partial charge is 0.481 e. The number of amides is 2. The second kappa shape index (κ2) is 5.34. The van der Waals surface area contributed by atoms with Crippen LogP contribution in [0.5, 0.6) is 0 Å². The van der Waals surface area contributed by atoms with Gasteiger partial charge in [0.15, 0.2) is 0 Å². The Labute approximate surface area is 111 Å². The number of furan rings is 1. The van der Waals surface area contributed by atoms with Crippen LogP contribution in [0.25, 0.3) is 0 Å². The molecular formula is C13H18N2O4. The maximum absolute atomic E-state index is 11.8. The van der Waals surface area contributed by atoms with E-state index in [0.717, 1.165) is 12.0 Å². The number of hydrogen-bond donors (Lipinski definition) is 3. The summed E-state index contributed by atoms with van der Waals surface area (Å²) in [6, 6.07) is 1.09. The molecule has 1 aliphatic carbocycles. The molecule has 2 amide bonds. The first-order chi connectivity index (χ1) is 9.02. The van der Waals surface area contributed by atoms with Gasteiger partial charge in [0.05, 0.1) is 17.9 Å². The normalized spacial score (nSPS) is 26.1. The molecule has 104 valence electrons. The van der Waals surface area contributed by atoms with Crippen molar-refractivity contribution in [3.05, 3.63) is 24.2 Å². The van der Waals surface area contributed by atoms with Crippen LogP contribution in [0.1, 0.15) is 31.7 Å². The molecule has 0 aromatic carbocycles. The van der Waals surface area contributed by atoms with Gasteiger partial charge in [-0.05, 0) is 25.8 Å². The van der Waals surface area contributed by atoms with E-state index in [1.165, 1.54) is 6.26 Å². The lowest BCUT2D eigenvalue weighted by Crippen LogP contribution is -2.50. The topological polar surface area (TPSA) is 91.6 Å². The maximum atomic E-state index is 11.8. The SMILES string of the molecule is CC1(C(=O)O)CCCC1NC(=O)NCc1ccoc1. The van der Waals surface area contributed by atoms with Crippen LogP contribution in [-0.4, -0.2) is 23.1 Å². The summed E-state index contributed by atoms with van der Waals surface area (Å²) in [5, 5.41) is 14.7. The number of carboxylic acid groups (broad SMARTS) is 1. The second-order valence-electron chi connectivity index (χ2n) is 5.13. The number of hydrogen-bond acceptors (Lipinski definition) is 3. The number of rotatable bonds is 4. The fourth-order valence-electron chi connectivity index (χ4n) is 2.44. The van der Waals surface area contributed by atoms with Crippen molar-refractivity contribution in [2.75, 3.05) is 0 Å². The Balaban J connectivity index is 1.86. The molecule has 3 N–H and O–H groups in total. The van der Waals surface area contributed by atoms with Crippen molar-refractivity contribution in [1.29, 1.82) is 0 Å². The van der Waals surface area contributed by atoms with Crippen LogP contribution in [0, 0.1) is 5.41 Å². The van der Waals surface area contributed by atoms with Gasteiger partial charge in [0, 0.05) is 18.2 Å². The number of carbonyl (C=O) groups is 2. The lowest BCUT2D eigenvalue weighted by atomic mass is 9.85. The summed E-state index contributed by atoms with van der Waals surface area (Å²) in [7, 11) is 0. The van der Waals surface area contributed by atoms with E-state index >= 15 is 0 Å². The number of aliphatic carboxylic acids is 1. The van der Waals surface area contributed by atoms with Gasteiger partial charge in [-0.25, -0.2) is 4.79 Å². The number of nitrogens with one attached hydrogen (secondary N) is 2. The van der Waals surface area contributed by atoms with Gasteiger partial charge in [-0.1, -0.05) is 6.42 Å². The van der Waals surface area contributed by atoms with Gasteiger partial charge in [0.1, 0.15) is 0 Å². The Hall–Kier alpha value is -1.98. The van der Waals surface area contributed by atoms with Gasteiger partial charge in [-0.15, -0.1) is 0 Å². The van der Waals surface area contributed by atoms with Crippen molar-refractivity contribution in [1.82, 2.24) is 10.6 Å². The van der Waals surface area contributed by atoms with E-state index in [9.17, 15) is 14.7 Å². The highest BCUT2D eigenvalue weighted by Gasteiger charge is 2.45. The predicted octanol–water partition coefficient (Wildman–Crippen LogP) is 1.72. The van der Waals surface area contributed by atoms with Gasteiger partial charge in [-0.3, -0.25) is 4.79 Å². The predicted molar refractivity (Wildman–Crippen MR) is 67.5 cm³/mol. The van der Waals surface area contributed by atoms with E-state index in [1.54, 1.807) is 19.3 Å². The van der Waals surface area contributed by atoms with Crippen molar-refractivity contribution < 1.29 is 19.1 Å². The summed E-state index contributed by atoms with van der Waals surface area (Å²) in [5.41, 5.74) is -0.00459. The minimum Gasteiger partial charge on any atom is -0.481 e. The average Bonchev–Trinajstić information content (AvgIpc) is 2.98. The van der Waals surface area contributed by atoms with Crippen LogP contribution in [0.2, 0.25) is 0 Å². The van der Waals surface area contributed by atoms with E-state index in [2.05, 4.69) is 10.6 Å². The monoisotopic (exact) mass is 266 g/mol. The van der Waals surface area contributed by atoms with Crippen LogP contribution >= 0.6 is 0 Å². The fraction of sp³-hybridized carbons (Fsp3) is 0.538. The Morgan fingerprint density at radius 2 is 2.37 bits per heavy atom. The van der Waals surface area contributed by atoms with Crippen LogP contribution in [-0.2, 0) is 11.3 Å². The first-order valence-electron chi connectivity index (χ1n) is 6.31. The lowest BCUT2D eigenvalue weighted by molar-refractivity contribution is -0.148. The third-order valence-corrected chi connectivity index (χ3v) is 3.79. The first-order valence-corrected chi connectivity index (χ1v) is 6.31. The molecule has 1 aromatic heterocycles. The van der Waals surface area contributed by atoms with Gasteiger partial charge in [0.2, 0.25) is 0 Å². The molecule has 0 saturated heterocycles. The molecule has 0 bridgehead atoms. The van der Waals surface area contributed by atoms with Crippen molar-refractivity contribution in [3.8, 4) is 0 Å². The molecule has 19 heavy (non-hydrogen) atoms. The standard InChI is InChI=1S/C13H18N2O4/c1-13(11(16)17)5-2-3-10(13)15-12(18)14-7-9-4-6-19-8-9/h4,6,8,10H,2-3,5,7H2,1H3,(H,16,17)(H2,14,15,18). The zero-order valence-corrected chi connectivity index (χ0v) is 10.8. The first kappa shape index (κ1) is 13.5. The molecule has 1 heterocycles. The van der Waals surface area contributed by atoms with Crippen molar-refractivity contribution >= 4 is 12.0 Å². The van der Waals surface area contributed by atoms with Gasteiger partial charge in [-0.2, -0.15) is 0 Å². The summed E-state index contributed by atoms with van der Waals surface area (Å²) in [6.45, 7) is 2.04. The van der Waals surface area contributed by atoms with E-state index in [4.69, 9.17) is 4.42 Å². The fourth-order valence-corrected chi connectivity index (χ4v) is 2.44. The molecule has 1 fully saturated rings. The van der Waals surface area contributed by atoms with E-state index in [-0.39, 0.29) is 12.1 Å². The zero-order chi connectivity index (χ0) is 13.9. The summed E-state index contributed by atoms with van der Waals surface area (Å²) in [4.78, 5) is 23.0. The van der Waals surface area contributed by atoms with Crippen LogP contribution in [0.15, 0.2) is 23.0 Å². The minimum atomic E-state index is -0.868. The molecule has 6 nitrogen and oxygen atoms in total. The molecule has 0 radical (unpaired) electrons. The van der Waals surface area contributed by atoms with Crippen molar-refractivity contribution in [2.24, 2.45) is 5.41 Å². The molecular weight excluding hydrogens is 248 g/mol. The second-order valence-corrected chi connectivity index (χ2v) is 5.13. The summed E-state index contributed by atoms with van der Waals surface area (Å²) >= 11 is 0. The average molecular weight is 266 g/mol. The molecule has 0 aliphatic heterocycles. The summed E-state index contributed by atoms with van der Waals surface area (Å²) < 4.78 is 4.90. The van der Waals surface area contributed by atoms with Gasteiger partial charge < -0.3 is 20.2 Å². The minimum absolute atomic E-state index is 0.325. The van der Waals surface area contributed by atoms with E-state index < -0.39 is 11.4 Å². The van der Waals surface area contributed by atoms with Crippen molar-refractivity contribution in [2.45, 2.75) is 38.8 Å². The smallest absolute Gasteiger partial charge is 0.315 e. The molecule has 1 aliphatic rings. The lowest BCUT2D eigenvalue weighted by Gasteiger charge is -2.27. The summed E-state index contributed by atoms with van der Waals surface area (Å²) in [6.07, 6.45) is 5.19. The Kier molecular flexibility index (Phi) is 3.78. The molecule has 0 spiro atoms. The van der Waals surface area contributed by atoms with E-state index in [1.807, 2.05) is 0 Å². The van der Waals surface area contributed by atoms with Gasteiger partial charge in [0.25, 0.3) is 0 Å². The molecule has 1 aromatic rings. The molecule has 2 rings (SSSR count). The highest BCUT2D eigenvalue weighted by Crippen LogP contribution is 2.38. The maximum Gasteiger partial charge on any atom is 0.315 e. The molecule has 6 heteroatoms. The quantitative estimate of drug-likeness (QED) is 0.773. The molecule has 1 saturated carbocycles. The number of carbonyl (C=O) groups excluding carboxylic acids is 1. The zero-order valence-electron chi connectivity index (χ0n) is 10.8. The Bertz CT molecular complexity index is 457. The number of carboxylic acids is 1. The third kappa shape index (κ3) is 2.89. The van der Waals surface area contributed by atoms with Crippen molar-refractivity contribution in [3.63, 3.8) is 0 Å². The third-order valence-electron chi connectivity index (χ3n) is 3.79. The van der Waals surface area contributed by atoms with E-state index in [0.29, 0.717) is 19.4 Å². The highest BCUT2D eigenvalue weighted by atomic mass is 16.4. The highest BCUT2D eigenvalue weighted by molar-refractivity contribution is 5.79. The Morgan fingerprint density at radius 3 is 3.00 bits per heavy atom. The van der Waals surface area contributed by atoms with Crippen LogP contribution in [0.4, 0.5) is 4.79 Å². The van der Waals surface area contributed by atoms with Crippen LogP contribution in [0.3, 0.4) is 0 Å². The Morgan fingerprint density at radius 1 is 1.58 bits per heavy atom. The molecule has 2 atom stereocenters. The molecule has 2 unspecified atom stereocenters. The van der Waals surface area contributed by atoms with Crippen LogP contribution < -0.4 is 10.6 Å². The number of urea groups is 1.